The molecule has 0 aliphatic carbocycles. The van der Waals surface area contributed by atoms with Crippen LogP contribution in [0.4, 0.5) is 0 Å². The summed E-state index contributed by atoms with van der Waals surface area (Å²) in [6.45, 7) is 0.189. The first-order valence-corrected chi connectivity index (χ1v) is 3.42. The van der Waals surface area contributed by atoms with Gasteiger partial charge in [0.2, 0.25) is 0 Å². The van der Waals surface area contributed by atoms with Gasteiger partial charge in [0.05, 0.1) is 0 Å². The Morgan fingerprint density at radius 1 is 1.71 bits per heavy atom. The molecule has 0 saturated heterocycles. The maximum absolute atomic E-state index is 9.79. The first-order valence-electron chi connectivity index (χ1n) is 1.86. The van der Waals surface area contributed by atoms with Crippen LogP contribution >= 0.6 is 8.03 Å². The minimum atomic E-state index is -2.37. The number of rotatable bonds is 3. The minimum absolute atomic E-state index is 0.140. The lowest BCUT2D eigenvalue weighted by atomic mass is 10.8. The Hall–Kier alpha value is 0.110. The van der Waals surface area contributed by atoms with E-state index in [1.807, 2.05) is 0 Å². The van der Waals surface area contributed by atoms with Gasteiger partial charge in [-0.15, -0.1) is 0 Å². The second kappa shape index (κ2) is 4.27. The zero-order chi connectivity index (χ0) is 5.70. The van der Waals surface area contributed by atoms with E-state index in [9.17, 15) is 4.57 Å². The largest absolute Gasteiger partial charge is 0.346 e. The van der Waals surface area contributed by atoms with E-state index in [4.69, 9.17) is 10.1 Å². The smallest absolute Gasteiger partial charge is 0.190 e. The van der Waals surface area contributed by atoms with Gasteiger partial charge >= 0.3 is 0 Å². The molecule has 44 valence electrons. The molecule has 0 aromatic heterocycles. The van der Waals surface area contributed by atoms with E-state index >= 15 is 0 Å². The molecule has 0 aromatic carbocycles. The fourth-order valence-electron chi connectivity index (χ4n) is 0.163. The summed E-state index contributed by atoms with van der Waals surface area (Å²) in [4.78, 5) is 8.08. The van der Waals surface area contributed by atoms with Crippen molar-refractivity contribution in [3.05, 3.63) is 0 Å². The maximum Gasteiger partial charge on any atom is 0.190 e. The molecule has 0 heterocycles. The van der Waals surface area contributed by atoms with Gasteiger partial charge in [-0.25, -0.2) is 5.48 Å². The van der Waals surface area contributed by atoms with Crippen molar-refractivity contribution in [2.45, 2.75) is 0 Å². The Morgan fingerprint density at radius 3 is 2.43 bits per heavy atom. The summed E-state index contributed by atoms with van der Waals surface area (Å²) in [6.07, 6.45) is 0.140. The van der Waals surface area contributed by atoms with Crippen molar-refractivity contribution in [2.75, 3.05) is 12.7 Å². The molecular formula is C2H8NO3P. The molecule has 0 rings (SSSR count). The molecule has 7 heavy (non-hydrogen) atoms. The molecule has 0 aliphatic heterocycles. The van der Waals surface area contributed by atoms with Crippen LogP contribution in [-0.2, 0) is 4.57 Å². The number of hydrogen-bond donors (Lipinski definition) is 3. The van der Waals surface area contributed by atoms with E-state index in [1.165, 1.54) is 0 Å². The third-order valence-corrected chi connectivity index (χ3v) is 1.13. The quantitative estimate of drug-likeness (QED) is 0.349. The van der Waals surface area contributed by atoms with E-state index in [0.717, 1.165) is 0 Å². The van der Waals surface area contributed by atoms with Crippen LogP contribution < -0.4 is 5.48 Å². The SMILES string of the molecule is O=[PH](O)CCNO. The predicted molar refractivity (Wildman–Crippen MR) is 25.9 cm³/mol. The van der Waals surface area contributed by atoms with Crippen molar-refractivity contribution in [3.63, 3.8) is 0 Å². The molecule has 1 atom stereocenters. The molecular weight excluding hydrogens is 117 g/mol. The predicted octanol–water partition coefficient (Wildman–Crippen LogP) is -0.568. The van der Waals surface area contributed by atoms with Crippen LogP contribution in [0, 0.1) is 0 Å². The lowest BCUT2D eigenvalue weighted by Crippen LogP contribution is -2.10. The average Bonchev–Trinajstić information content (AvgIpc) is 1.61. The van der Waals surface area contributed by atoms with Crippen LogP contribution in [0.3, 0.4) is 0 Å². The third kappa shape index (κ3) is 6.11. The highest BCUT2D eigenvalue weighted by atomic mass is 31.1. The summed E-state index contributed by atoms with van der Waals surface area (Å²) in [7, 11) is -2.37. The lowest BCUT2D eigenvalue weighted by molar-refractivity contribution is 0.173. The highest BCUT2D eigenvalue weighted by molar-refractivity contribution is 7.38. The lowest BCUT2D eigenvalue weighted by Gasteiger charge is -1.89. The van der Waals surface area contributed by atoms with E-state index in [0.29, 0.717) is 0 Å². The molecule has 1 unspecified atom stereocenters. The highest BCUT2D eigenvalue weighted by Crippen LogP contribution is 2.08. The Balaban J connectivity index is 2.82. The summed E-state index contributed by atoms with van der Waals surface area (Å²) < 4.78 is 9.79. The van der Waals surface area contributed by atoms with Gasteiger partial charge in [-0.2, -0.15) is 0 Å². The van der Waals surface area contributed by atoms with Crippen LogP contribution in [0.1, 0.15) is 0 Å². The summed E-state index contributed by atoms with van der Waals surface area (Å²) in [6, 6.07) is 0. The van der Waals surface area contributed by atoms with Gasteiger partial charge in [0.25, 0.3) is 0 Å². The molecule has 0 fully saturated rings. The molecule has 0 spiro atoms. The fourth-order valence-corrected chi connectivity index (χ4v) is 0.489. The second-order valence-electron chi connectivity index (χ2n) is 1.05. The summed E-state index contributed by atoms with van der Waals surface area (Å²) in [5.41, 5.74) is 1.76. The van der Waals surface area contributed by atoms with Crippen LogP contribution in [0.5, 0.6) is 0 Å². The van der Waals surface area contributed by atoms with Crippen LogP contribution in [-0.4, -0.2) is 22.8 Å². The molecule has 0 radical (unpaired) electrons. The maximum atomic E-state index is 9.79. The third-order valence-electron chi connectivity index (χ3n) is 0.451. The minimum Gasteiger partial charge on any atom is -0.346 e. The van der Waals surface area contributed by atoms with E-state index in [1.54, 1.807) is 5.48 Å². The summed E-state index contributed by atoms with van der Waals surface area (Å²) in [5.74, 6) is 0. The first kappa shape index (κ1) is 7.11. The Kier molecular flexibility index (Phi) is 4.34. The molecule has 3 N–H and O–H groups in total. The zero-order valence-corrected chi connectivity index (χ0v) is 4.72. The monoisotopic (exact) mass is 125 g/mol. The molecule has 0 aromatic rings. The fraction of sp³-hybridized carbons (Fsp3) is 1.00. The summed E-state index contributed by atoms with van der Waals surface area (Å²) in [5, 5.41) is 7.83. The molecule has 0 bridgehead atoms. The van der Waals surface area contributed by atoms with Crippen LogP contribution in [0.2, 0.25) is 0 Å². The van der Waals surface area contributed by atoms with E-state index < -0.39 is 8.03 Å². The molecule has 4 nitrogen and oxygen atoms in total. The van der Waals surface area contributed by atoms with Crippen molar-refractivity contribution in [1.82, 2.24) is 5.48 Å². The molecule has 5 heteroatoms. The van der Waals surface area contributed by atoms with Gasteiger partial charge < -0.3 is 10.1 Å². The van der Waals surface area contributed by atoms with E-state index in [-0.39, 0.29) is 12.7 Å². The highest BCUT2D eigenvalue weighted by Gasteiger charge is 1.87. The Bertz CT molecular complexity index is 66.0. The topological polar surface area (TPSA) is 69.6 Å². The second-order valence-corrected chi connectivity index (χ2v) is 2.34. The van der Waals surface area contributed by atoms with Crippen molar-refractivity contribution in [3.8, 4) is 0 Å². The zero-order valence-electron chi connectivity index (χ0n) is 3.72. The van der Waals surface area contributed by atoms with Gasteiger partial charge in [0, 0.05) is 12.7 Å². The Morgan fingerprint density at radius 2 is 2.29 bits per heavy atom. The van der Waals surface area contributed by atoms with Crippen molar-refractivity contribution in [1.29, 1.82) is 0 Å². The van der Waals surface area contributed by atoms with Crippen LogP contribution in [0.15, 0.2) is 0 Å². The van der Waals surface area contributed by atoms with Crippen molar-refractivity contribution in [2.24, 2.45) is 0 Å². The van der Waals surface area contributed by atoms with Gasteiger partial charge in [0.1, 0.15) is 0 Å². The average molecular weight is 125 g/mol. The van der Waals surface area contributed by atoms with Crippen molar-refractivity contribution >= 4 is 8.03 Å². The van der Waals surface area contributed by atoms with Gasteiger partial charge in [-0.05, 0) is 0 Å². The molecule has 0 aliphatic rings. The van der Waals surface area contributed by atoms with Gasteiger partial charge in [-0.3, -0.25) is 4.57 Å². The standard InChI is InChI=1S/C2H8NO3P/c4-3-1-2-7(5)6/h3-4,7H,1-2H2,(H,5,6). The van der Waals surface area contributed by atoms with E-state index in [2.05, 4.69) is 0 Å². The van der Waals surface area contributed by atoms with Crippen LogP contribution in [0.25, 0.3) is 0 Å². The van der Waals surface area contributed by atoms with Crippen molar-refractivity contribution < 1.29 is 14.7 Å². The van der Waals surface area contributed by atoms with Gasteiger partial charge in [0.15, 0.2) is 8.03 Å². The number of hydrogen-bond acceptors (Lipinski definition) is 3. The summed E-state index contributed by atoms with van der Waals surface area (Å²) >= 11 is 0. The molecule has 0 saturated carbocycles. The Labute approximate surface area is 42.0 Å². The normalized spacial score (nSPS) is 14.0. The number of hydroxylamine groups is 1. The number of nitrogens with one attached hydrogen (secondary N) is 1. The molecule has 0 amide bonds. The first-order chi connectivity index (χ1) is 3.27. The van der Waals surface area contributed by atoms with Gasteiger partial charge in [-0.1, -0.05) is 0 Å².